The van der Waals surface area contributed by atoms with E-state index in [9.17, 15) is 19.2 Å². The molecule has 10 heteroatoms. The van der Waals surface area contributed by atoms with Crippen LogP contribution in [0, 0.1) is 0 Å². The average molecular weight is 436 g/mol. The lowest BCUT2D eigenvalue weighted by Crippen LogP contribution is -2.50. The number of hydrogen-bond acceptors (Lipinski definition) is 5. The van der Waals surface area contributed by atoms with Gasteiger partial charge in [0.05, 0.1) is 12.8 Å². The second kappa shape index (κ2) is 12.8. The number of aliphatic carboxylic acids is 1. The summed E-state index contributed by atoms with van der Waals surface area (Å²) in [6, 6.07) is 11.5. The first-order chi connectivity index (χ1) is 13.9. The fraction of sp³-hybridized carbons (Fsp3) is 0.200. The number of benzene rings is 1. The number of rotatable bonds is 10. The van der Waals surface area contributed by atoms with Crippen LogP contribution >= 0.6 is 12.4 Å². The van der Waals surface area contributed by atoms with Crippen molar-refractivity contribution in [1.29, 1.82) is 0 Å². The summed E-state index contributed by atoms with van der Waals surface area (Å²) in [5.74, 6) is -2.43. The smallest absolute Gasteiger partial charge is 0.322 e. The summed E-state index contributed by atoms with van der Waals surface area (Å²) in [6.07, 6.45) is 4.39. The largest absolute Gasteiger partial charge is 0.480 e. The van der Waals surface area contributed by atoms with Crippen molar-refractivity contribution < 1.29 is 28.7 Å². The van der Waals surface area contributed by atoms with Crippen LogP contribution in [0.15, 0.2) is 59.2 Å². The molecule has 0 aliphatic carbocycles. The second-order valence-corrected chi connectivity index (χ2v) is 5.99. The van der Waals surface area contributed by atoms with Crippen LogP contribution in [-0.2, 0) is 25.6 Å². The number of amides is 3. The van der Waals surface area contributed by atoms with Crippen LogP contribution in [0.4, 0.5) is 0 Å². The number of nitrogens with one attached hydrogen (secondary N) is 3. The van der Waals surface area contributed by atoms with Crippen LogP contribution in [0.25, 0.3) is 6.08 Å². The van der Waals surface area contributed by atoms with Crippen LogP contribution < -0.4 is 16.0 Å². The van der Waals surface area contributed by atoms with Crippen molar-refractivity contribution in [3.63, 3.8) is 0 Å². The van der Waals surface area contributed by atoms with Gasteiger partial charge in [0.2, 0.25) is 17.7 Å². The Morgan fingerprint density at radius 1 is 1.00 bits per heavy atom. The molecule has 0 saturated heterocycles. The number of carbonyl (C=O) groups excluding carboxylic acids is 3. The van der Waals surface area contributed by atoms with Crippen molar-refractivity contribution in [2.75, 3.05) is 13.1 Å². The highest BCUT2D eigenvalue weighted by Crippen LogP contribution is 2.05. The van der Waals surface area contributed by atoms with Gasteiger partial charge in [-0.15, -0.1) is 12.4 Å². The molecule has 1 aromatic heterocycles. The van der Waals surface area contributed by atoms with Crippen molar-refractivity contribution in [2.24, 2.45) is 0 Å². The van der Waals surface area contributed by atoms with Gasteiger partial charge >= 0.3 is 5.97 Å². The maximum atomic E-state index is 12.5. The van der Waals surface area contributed by atoms with E-state index in [4.69, 9.17) is 9.52 Å². The summed E-state index contributed by atoms with van der Waals surface area (Å²) in [5, 5.41) is 15.7. The Morgan fingerprint density at radius 3 is 2.37 bits per heavy atom. The number of carboxylic acids is 1. The molecule has 1 atom stereocenters. The van der Waals surface area contributed by atoms with Crippen LogP contribution in [-0.4, -0.2) is 47.9 Å². The maximum absolute atomic E-state index is 12.5. The molecule has 0 spiro atoms. The van der Waals surface area contributed by atoms with Gasteiger partial charge in [-0.3, -0.25) is 19.2 Å². The Hall–Kier alpha value is -3.59. The number of hydrogen-bond donors (Lipinski definition) is 4. The molecule has 0 fully saturated rings. The molecule has 0 aliphatic heterocycles. The van der Waals surface area contributed by atoms with Gasteiger partial charge in [0.25, 0.3) is 0 Å². The van der Waals surface area contributed by atoms with E-state index < -0.39 is 42.8 Å². The normalized spacial score (nSPS) is 11.2. The molecule has 0 saturated carbocycles. The summed E-state index contributed by atoms with van der Waals surface area (Å²) < 4.78 is 5.10. The standard InChI is InChI=1S/C20H21N3O6.ClH/c24-17(9-8-15-7-4-10-29-15)23-16(11-14-5-2-1-3-6-14)20(28)22-12-18(25)21-13-19(26)27;/h1-10,16H,11-13H2,(H,21,25)(H,22,28)(H,23,24)(H,26,27);1H/b9-8+;/t16-;/m0./s1. The van der Waals surface area contributed by atoms with Crippen molar-refractivity contribution in [3.05, 3.63) is 66.1 Å². The number of carboxylic acid groups (broad SMARTS) is 1. The molecule has 1 aromatic carbocycles. The summed E-state index contributed by atoms with van der Waals surface area (Å²) >= 11 is 0. The first kappa shape index (κ1) is 24.4. The SMILES string of the molecule is Cl.O=C(O)CNC(=O)CNC(=O)[C@H](Cc1ccccc1)NC(=O)/C=C/c1ccco1. The van der Waals surface area contributed by atoms with Gasteiger partial charge in [-0.05, 0) is 23.8 Å². The van der Waals surface area contributed by atoms with Crippen LogP contribution in [0.1, 0.15) is 11.3 Å². The van der Waals surface area contributed by atoms with Gasteiger partial charge in [-0.25, -0.2) is 0 Å². The van der Waals surface area contributed by atoms with Crippen LogP contribution in [0.5, 0.6) is 0 Å². The van der Waals surface area contributed by atoms with E-state index in [2.05, 4.69) is 16.0 Å². The lowest BCUT2D eigenvalue weighted by molar-refractivity contribution is -0.137. The summed E-state index contributed by atoms with van der Waals surface area (Å²) in [5.41, 5.74) is 0.818. The third-order valence-corrected chi connectivity index (χ3v) is 3.72. The van der Waals surface area contributed by atoms with Crippen molar-refractivity contribution in [1.82, 2.24) is 16.0 Å². The highest BCUT2D eigenvalue weighted by Gasteiger charge is 2.21. The molecule has 0 unspecified atom stereocenters. The van der Waals surface area contributed by atoms with E-state index >= 15 is 0 Å². The molecule has 3 amide bonds. The Bertz CT molecular complexity index is 868. The number of carbonyl (C=O) groups is 4. The zero-order valence-electron chi connectivity index (χ0n) is 15.9. The van der Waals surface area contributed by atoms with Gasteiger partial charge in [0.1, 0.15) is 18.3 Å². The first-order valence-electron chi connectivity index (χ1n) is 8.76. The Balaban J connectivity index is 0.00000450. The van der Waals surface area contributed by atoms with E-state index in [0.29, 0.717) is 5.76 Å². The molecular formula is C20H22ClN3O6. The van der Waals surface area contributed by atoms with Gasteiger partial charge in [0.15, 0.2) is 0 Å². The van der Waals surface area contributed by atoms with E-state index in [1.165, 1.54) is 18.4 Å². The topological polar surface area (TPSA) is 138 Å². The predicted molar refractivity (Wildman–Crippen MR) is 111 cm³/mol. The highest BCUT2D eigenvalue weighted by molar-refractivity contribution is 5.96. The molecule has 4 N–H and O–H groups in total. The molecule has 160 valence electrons. The summed E-state index contributed by atoms with van der Waals surface area (Å²) in [4.78, 5) is 46.7. The third-order valence-electron chi connectivity index (χ3n) is 3.72. The minimum atomic E-state index is -1.19. The Kier molecular flexibility index (Phi) is 10.4. The average Bonchev–Trinajstić information content (AvgIpc) is 3.23. The molecule has 2 rings (SSSR count). The number of halogens is 1. The minimum Gasteiger partial charge on any atom is -0.480 e. The highest BCUT2D eigenvalue weighted by atomic mass is 35.5. The second-order valence-electron chi connectivity index (χ2n) is 5.99. The zero-order valence-corrected chi connectivity index (χ0v) is 16.7. The first-order valence-corrected chi connectivity index (χ1v) is 8.76. The predicted octanol–water partition coefficient (Wildman–Crippen LogP) is 0.759. The maximum Gasteiger partial charge on any atom is 0.322 e. The monoisotopic (exact) mass is 435 g/mol. The molecule has 0 radical (unpaired) electrons. The molecule has 2 aromatic rings. The molecule has 30 heavy (non-hydrogen) atoms. The van der Waals surface area contributed by atoms with Gasteiger partial charge in [0, 0.05) is 12.5 Å². The Labute approximate surface area is 178 Å². The quantitative estimate of drug-likeness (QED) is 0.406. The van der Waals surface area contributed by atoms with Crippen molar-refractivity contribution >= 4 is 42.2 Å². The molecule has 0 aliphatic rings. The molecular weight excluding hydrogens is 414 g/mol. The fourth-order valence-corrected chi connectivity index (χ4v) is 2.35. The zero-order chi connectivity index (χ0) is 21.1. The Morgan fingerprint density at radius 2 is 1.73 bits per heavy atom. The molecule has 1 heterocycles. The van der Waals surface area contributed by atoms with E-state index in [0.717, 1.165) is 5.56 Å². The third kappa shape index (κ3) is 9.07. The van der Waals surface area contributed by atoms with Crippen LogP contribution in [0.2, 0.25) is 0 Å². The van der Waals surface area contributed by atoms with Gasteiger partial charge < -0.3 is 25.5 Å². The van der Waals surface area contributed by atoms with Gasteiger partial charge in [-0.2, -0.15) is 0 Å². The summed E-state index contributed by atoms with van der Waals surface area (Å²) in [7, 11) is 0. The lowest BCUT2D eigenvalue weighted by Gasteiger charge is -2.17. The lowest BCUT2D eigenvalue weighted by atomic mass is 10.1. The van der Waals surface area contributed by atoms with E-state index in [-0.39, 0.29) is 18.8 Å². The van der Waals surface area contributed by atoms with E-state index in [1.54, 1.807) is 12.1 Å². The number of furan rings is 1. The molecule has 9 nitrogen and oxygen atoms in total. The molecule has 0 bridgehead atoms. The van der Waals surface area contributed by atoms with Crippen molar-refractivity contribution in [3.8, 4) is 0 Å². The van der Waals surface area contributed by atoms with Gasteiger partial charge in [-0.1, -0.05) is 30.3 Å². The van der Waals surface area contributed by atoms with E-state index in [1.807, 2.05) is 30.3 Å². The van der Waals surface area contributed by atoms with Crippen molar-refractivity contribution in [2.45, 2.75) is 12.5 Å². The fourth-order valence-electron chi connectivity index (χ4n) is 2.35. The minimum absolute atomic E-state index is 0. The van der Waals surface area contributed by atoms with Crippen LogP contribution in [0.3, 0.4) is 0 Å². The summed E-state index contributed by atoms with van der Waals surface area (Å²) in [6.45, 7) is -0.952.